The van der Waals surface area contributed by atoms with Crippen molar-refractivity contribution < 1.29 is 0 Å². The van der Waals surface area contributed by atoms with Crippen LogP contribution in [0, 0.1) is 6.92 Å². The van der Waals surface area contributed by atoms with Crippen molar-refractivity contribution in [3.63, 3.8) is 0 Å². The zero-order valence-electron chi connectivity index (χ0n) is 11.7. The maximum atomic E-state index is 6.25. The Morgan fingerprint density at radius 3 is 2.74 bits per heavy atom. The van der Waals surface area contributed by atoms with Gasteiger partial charge in [-0.1, -0.05) is 18.2 Å². The third-order valence-electron chi connectivity index (χ3n) is 3.74. The van der Waals surface area contributed by atoms with Gasteiger partial charge in [-0.3, -0.25) is 0 Å². The normalized spacial score (nSPS) is 14.2. The molecule has 2 N–H and O–H groups in total. The fourth-order valence-electron chi connectivity index (χ4n) is 2.74. The smallest absolute Gasteiger partial charge is 0.155 e. The lowest BCUT2D eigenvalue weighted by Crippen LogP contribution is -2.20. The maximum absolute atomic E-state index is 6.25. The number of aromatic nitrogens is 2. The monoisotopic (exact) mass is 256 g/mol. The number of rotatable bonds is 2. The van der Waals surface area contributed by atoms with Crippen LogP contribution in [0.15, 0.2) is 24.3 Å². The Morgan fingerprint density at radius 1 is 1.26 bits per heavy atom. The van der Waals surface area contributed by atoms with E-state index >= 15 is 0 Å². The summed E-state index contributed by atoms with van der Waals surface area (Å²) in [5.74, 6) is 1.04. The van der Waals surface area contributed by atoms with E-state index in [4.69, 9.17) is 5.73 Å². The summed E-state index contributed by atoms with van der Waals surface area (Å²) in [6, 6.07) is 8.83. The van der Waals surface area contributed by atoms with Crippen molar-refractivity contribution in [1.29, 1.82) is 0 Å². The van der Waals surface area contributed by atoms with Crippen LogP contribution in [0.25, 0.3) is 0 Å². The second kappa shape index (κ2) is 4.30. The minimum atomic E-state index is 0.304. The van der Waals surface area contributed by atoms with Gasteiger partial charge in [0, 0.05) is 18.3 Å². The van der Waals surface area contributed by atoms with Crippen LogP contribution in [-0.4, -0.2) is 16.3 Å². The molecule has 1 aromatic carbocycles. The van der Waals surface area contributed by atoms with Crippen LogP contribution in [0.4, 0.5) is 17.2 Å². The minimum Gasteiger partial charge on any atom is -0.394 e. The summed E-state index contributed by atoms with van der Waals surface area (Å²) in [4.78, 5) is 2.30. The van der Waals surface area contributed by atoms with Crippen LogP contribution in [0.1, 0.15) is 31.1 Å². The van der Waals surface area contributed by atoms with Crippen molar-refractivity contribution in [2.75, 3.05) is 17.2 Å². The maximum Gasteiger partial charge on any atom is 0.155 e. The molecule has 4 nitrogen and oxygen atoms in total. The molecule has 0 radical (unpaired) electrons. The van der Waals surface area contributed by atoms with Gasteiger partial charge in [0.1, 0.15) is 0 Å². The van der Waals surface area contributed by atoms with Crippen LogP contribution in [-0.2, 0) is 6.42 Å². The fourth-order valence-corrected chi connectivity index (χ4v) is 2.74. The first-order chi connectivity index (χ1) is 9.09. The Balaban J connectivity index is 2.14. The lowest BCUT2D eigenvalue weighted by molar-refractivity contribution is 0.529. The Bertz CT molecular complexity index is 613. The Morgan fingerprint density at radius 2 is 2.00 bits per heavy atom. The second-order valence-electron chi connectivity index (χ2n) is 5.39. The third kappa shape index (κ3) is 1.79. The van der Waals surface area contributed by atoms with Crippen molar-refractivity contribution in [2.45, 2.75) is 33.2 Å². The molecule has 0 amide bonds. The average Bonchev–Trinajstić information content (AvgIpc) is 2.92. The molecule has 0 atom stereocenters. The summed E-state index contributed by atoms with van der Waals surface area (Å²) in [5, 5.41) is 4.58. The van der Waals surface area contributed by atoms with Crippen LogP contribution in [0.3, 0.4) is 0 Å². The van der Waals surface area contributed by atoms with Gasteiger partial charge >= 0.3 is 0 Å². The van der Waals surface area contributed by atoms with Gasteiger partial charge in [0.2, 0.25) is 0 Å². The van der Waals surface area contributed by atoms with Crippen molar-refractivity contribution in [3.8, 4) is 0 Å². The number of nitrogens with two attached hydrogens (primary N) is 1. The lowest BCUT2D eigenvalue weighted by atomic mass is 10.2. The highest BCUT2D eigenvalue weighted by molar-refractivity contribution is 5.77. The number of para-hydroxylation sites is 1. The van der Waals surface area contributed by atoms with E-state index in [0.717, 1.165) is 30.2 Å². The molecule has 1 aromatic heterocycles. The summed E-state index contributed by atoms with van der Waals surface area (Å²) in [6.07, 6.45) is 1.07. The number of hydrogen-bond donors (Lipinski definition) is 1. The third-order valence-corrected chi connectivity index (χ3v) is 3.74. The van der Waals surface area contributed by atoms with Crippen molar-refractivity contribution in [3.05, 3.63) is 35.5 Å². The predicted molar refractivity (Wildman–Crippen MR) is 78.9 cm³/mol. The van der Waals surface area contributed by atoms with E-state index in [1.54, 1.807) is 0 Å². The molecule has 0 aliphatic carbocycles. The standard InChI is InChI=1S/C15H20N4/c1-10(2)19-15(14(16)11(3)17-19)18-9-8-12-6-4-5-7-13(12)18/h4-7,10H,8-9,16H2,1-3H3. The summed E-state index contributed by atoms with van der Waals surface area (Å²) in [6.45, 7) is 7.22. The van der Waals surface area contributed by atoms with Crippen LogP contribution in [0.5, 0.6) is 0 Å². The summed E-state index contributed by atoms with van der Waals surface area (Å²) in [7, 11) is 0. The first kappa shape index (κ1) is 12.1. The molecule has 0 fully saturated rings. The average molecular weight is 256 g/mol. The fraction of sp³-hybridized carbons (Fsp3) is 0.400. The highest BCUT2D eigenvalue weighted by Gasteiger charge is 2.26. The quantitative estimate of drug-likeness (QED) is 0.898. The van der Waals surface area contributed by atoms with E-state index in [-0.39, 0.29) is 0 Å². The molecule has 2 aromatic rings. The molecular weight excluding hydrogens is 236 g/mol. The van der Waals surface area contributed by atoms with E-state index in [2.05, 4.69) is 48.1 Å². The van der Waals surface area contributed by atoms with E-state index in [9.17, 15) is 0 Å². The molecule has 0 saturated carbocycles. The summed E-state index contributed by atoms with van der Waals surface area (Å²) in [5.41, 5.74) is 10.6. The Hall–Kier alpha value is -1.97. The molecule has 0 spiro atoms. The SMILES string of the molecule is Cc1nn(C(C)C)c(N2CCc3ccccc32)c1N. The van der Waals surface area contributed by atoms with Crippen LogP contribution in [0.2, 0.25) is 0 Å². The number of nitrogen functional groups attached to an aromatic ring is 1. The Kier molecular flexibility index (Phi) is 2.73. The number of aryl methyl sites for hydroxylation is 1. The summed E-state index contributed by atoms with van der Waals surface area (Å²) >= 11 is 0. The van der Waals surface area contributed by atoms with Crippen molar-refractivity contribution in [1.82, 2.24) is 9.78 Å². The predicted octanol–water partition coefficient (Wildman–Crippen LogP) is 3.05. The first-order valence-corrected chi connectivity index (χ1v) is 6.79. The molecular formula is C15H20N4. The first-order valence-electron chi connectivity index (χ1n) is 6.79. The number of hydrogen-bond acceptors (Lipinski definition) is 3. The summed E-state index contributed by atoms with van der Waals surface area (Å²) < 4.78 is 2.03. The van der Waals surface area contributed by atoms with Gasteiger partial charge in [0.25, 0.3) is 0 Å². The zero-order chi connectivity index (χ0) is 13.6. The molecule has 0 saturated heterocycles. The van der Waals surface area contributed by atoms with Gasteiger partial charge in [-0.05, 0) is 38.8 Å². The highest BCUT2D eigenvalue weighted by atomic mass is 15.4. The van der Waals surface area contributed by atoms with Gasteiger partial charge in [0.05, 0.1) is 11.4 Å². The van der Waals surface area contributed by atoms with Crippen molar-refractivity contribution >= 4 is 17.2 Å². The highest BCUT2D eigenvalue weighted by Crippen LogP contribution is 2.39. The number of fused-ring (bicyclic) bond motifs is 1. The molecule has 2 heterocycles. The molecule has 100 valence electrons. The molecule has 1 aliphatic heterocycles. The van der Waals surface area contributed by atoms with E-state index in [1.807, 2.05) is 11.6 Å². The van der Waals surface area contributed by atoms with Crippen LogP contribution >= 0.6 is 0 Å². The van der Waals surface area contributed by atoms with Crippen molar-refractivity contribution in [2.24, 2.45) is 0 Å². The molecule has 0 bridgehead atoms. The molecule has 0 unspecified atom stereocenters. The zero-order valence-corrected chi connectivity index (χ0v) is 11.7. The second-order valence-corrected chi connectivity index (χ2v) is 5.39. The van der Waals surface area contributed by atoms with Gasteiger partial charge in [-0.2, -0.15) is 5.10 Å². The van der Waals surface area contributed by atoms with Gasteiger partial charge < -0.3 is 10.6 Å². The largest absolute Gasteiger partial charge is 0.394 e. The van der Waals surface area contributed by atoms with E-state index in [0.29, 0.717) is 6.04 Å². The van der Waals surface area contributed by atoms with Gasteiger partial charge in [-0.25, -0.2) is 4.68 Å². The topological polar surface area (TPSA) is 47.1 Å². The van der Waals surface area contributed by atoms with Gasteiger partial charge in [-0.15, -0.1) is 0 Å². The molecule has 19 heavy (non-hydrogen) atoms. The van der Waals surface area contributed by atoms with Gasteiger partial charge in [0.15, 0.2) is 5.82 Å². The number of anilines is 3. The van der Waals surface area contributed by atoms with E-state index in [1.165, 1.54) is 11.3 Å². The minimum absolute atomic E-state index is 0.304. The van der Waals surface area contributed by atoms with E-state index < -0.39 is 0 Å². The lowest BCUT2D eigenvalue weighted by Gasteiger charge is -2.23. The number of nitrogens with zero attached hydrogens (tertiary/aromatic N) is 3. The molecule has 4 heteroatoms. The molecule has 3 rings (SSSR count). The Labute approximate surface area is 113 Å². The molecule has 1 aliphatic rings. The van der Waals surface area contributed by atoms with Crippen LogP contribution < -0.4 is 10.6 Å². The number of benzene rings is 1.